The van der Waals surface area contributed by atoms with Gasteiger partial charge in [0.05, 0.1) is 6.42 Å². The molecule has 0 aliphatic heterocycles. The van der Waals surface area contributed by atoms with Gasteiger partial charge in [-0.25, -0.2) is 0 Å². The second-order valence-corrected chi connectivity index (χ2v) is 7.40. The molecule has 0 saturated heterocycles. The second-order valence-electron chi connectivity index (χ2n) is 6.55. The van der Waals surface area contributed by atoms with Gasteiger partial charge in [-0.1, -0.05) is 54.1 Å². The van der Waals surface area contributed by atoms with E-state index in [-0.39, 0.29) is 23.3 Å². The maximum Gasteiger partial charge on any atom is 0.251 e. The number of halogens is 1. The molecule has 152 valence electrons. The lowest BCUT2D eigenvalue weighted by molar-refractivity contribution is -0.119. The minimum Gasteiger partial charge on any atom is -0.348 e. The van der Waals surface area contributed by atoms with E-state index in [1.807, 2.05) is 30.3 Å². The summed E-state index contributed by atoms with van der Waals surface area (Å²) in [5.74, 6) is -0.393. The Kier molecular flexibility index (Phi) is 7.54. The van der Waals surface area contributed by atoms with E-state index < -0.39 is 0 Å². The molecule has 3 N–H and O–H groups in total. The van der Waals surface area contributed by atoms with Crippen LogP contribution in [0.15, 0.2) is 78.9 Å². The zero-order chi connectivity index (χ0) is 21.3. The highest BCUT2D eigenvalue weighted by Gasteiger charge is 2.08. The predicted octanol–water partition coefficient (Wildman–Crippen LogP) is 4.33. The third-order valence-corrected chi connectivity index (χ3v) is 4.69. The molecular weight excluding hydrogens is 418 g/mol. The van der Waals surface area contributed by atoms with Gasteiger partial charge in [0.15, 0.2) is 5.11 Å². The average Bonchev–Trinajstić information content (AvgIpc) is 2.75. The number of rotatable bonds is 6. The van der Waals surface area contributed by atoms with E-state index in [1.54, 1.807) is 48.5 Å². The van der Waals surface area contributed by atoms with Gasteiger partial charge >= 0.3 is 0 Å². The Balaban J connectivity index is 1.47. The molecular formula is C23H20ClN3O2S. The number of benzene rings is 3. The SMILES string of the molecule is O=C(Cc1ccc(Cl)cc1)NC(=S)Nc1ccc(C(=O)NCc2ccccc2)cc1. The van der Waals surface area contributed by atoms with Gasteiger partial charge in [0, 0.05) is 22.8 Å². The maximum atomic E-state index is 12.3. The van der Waals surface area contributed by atoms with E-state index in [9.17, 15) is 9.59 Å². The van der Waals surface area contributed by atoms with Gasteiger partial charge in [-0.15, -0.1) is 0 Å². The number of hydrogen-bond donors (Lipinski definition) is 3. The van der Waals surface area contributed by atoms with Gasteiger partial charge in [0.2, 0.25) is 5.91 Å². The quantitative estimate of drug-likeness (QED) is 0.502. The first-order chi connectivity index (χ1) is 14.5. The molecule has 2 amide bonds. The number of thiocarbonyl (C=S) groups is 1. The predicted molar refractivity (Wildman–Crippen MR) is 124 cm³/mol. The molecule has 0 atom stereocenters. The van der Waals surface area contributed by atoms with Crippen LogP contribution in [0.3, 0.4) is 0 Å². The van der Waals surface area contributed by atoms with Crippen LogP contribution in [0, 0.1) is 0 Å². The van der Waals surface area contributed by atoms with E-state index in [4.69, 9.17) is 23.8 Å². The Bertz CT molecular complexity index is 1020. The number of carbonyl (C=O) groups is 2. The fourth-order valence-electron chi connectivity index (χ4n) is 2.71. The van der Waals surface area contributed by atoms with Crippen molar-refractivity contribution in [2.24, 2.45) is 0 Å². The van der Waals surface area contributed by atoms with Crippen molar-refractivity contribution >= 4 is 46.4 Å². The van der Waals surface area contributed by atoms with Crippen LogP contribution in [0.25, 0.3) is 0 Å². The summed E-state index contributed by atoms with van der Waals surface area (Å²) >= 11 is 11.0. The molecule has 0 heterocycles. The molecule has 0 saturated carbocycles. The number of hydrogen-bond acceptors (Lipinski definition) is 3. The standard InChI is InChI=1S/C23H20ClN3O2S/c24-19-10-6-16(7-11-19)14-21(28)27-23(30)26-20-12-8-18(9-13-20)22(29)25-15-17-4-2-1-3-5-17/h1-13H,14-15H2,(H,25,29)(H2,26,27,28,30). The molecule has 30 heavy (non-hydrogen) atoms. The lowest BCUT2D eigenvalue weighted by Crippen LogP contribution is -2.35. The highest BCUT2D eigenvalue weighted by Crippen LogP contribution is 2.11. The van der Waals surface area contributed by atoms with Gasteiger partial charge in [-0.05, 0) is 59.7 Å². The smallest absolute Gasteiger partial charge is 0.251 e. The van der Waals surface area contributed by atoms with Crippen molar-refractivity contribution < 1.29 is 9.59 Å². The molecule has 0 aliphatic carbocycles. The van der Waals surface area contributed by atoms with Crippen LogP contribution in [0.5, 0.6) is 0 Å². The van der Waals surface area contributed by atoms with Crippen molar-refractivity contribution in [2.75, 3.05) is 5.32 Å². The van der Waals surface area contributed by atoms with Gasteiger partial charge in [-0.3, -0.25) is 9.59 Å². The van der Waals surface area contributed by atoms with Crippen LogP contribution in [0.2, 0.25) is 5.02 Å². The monoisotopic (exact) mass is 437 g/mol. The highest BCUT2D eigenvalue weighted by atomic mass is 35.5. The molecule has 3 aromatic rings. The molecule has 0 bridgehead atoms. The minimum absolute atomic E-state index is 0.163. The first kappa shape index (κ1) is 21.5. The van der Waals surface area contributed by atoms with Crippen LogP contribution in [-0.4, -0.2) is 16.9 Å². The Morgan fingerprint density at radius 3 is 2.17 bits per heavy atom. The van der Waals surface area contributed by atoms with Crippen molar-refractivity contribution in [3.05, 3.63) is 101 Å². The van der Waals surface area contributed by atoms with Crippen molar-refractivity contribution in [3.8, 4) is 0 Å². The third kappa shape index (κ3) is 6.69. The summed E-state index contributed by atoms with van der Waals surface area (Å²) in [6.07, 6.45) is 0.194. The summed E-state index contributed by atoms with van der Waals surface area (Å²) < 4.78 is 0. The fraction of sp³-hybridized carbons (Fsp3) is 0.0870. The molecule has 3 aromatic carbocycles. The zero-order valence-electron chi connectivity index (χ0n) is 16.0. The van der Waals surface area contributed by atoms with Gasteiger partial charge < -0.3 is 16.0 Å². The van der Waals surface area contributed by atoms with Gasteiger partial charge in [0.1, 0.15) is 0 Å². The zero-order valence-corrected chi connectivity index (χ0v) is 17.6. The average molecular weight is 438 g/mol. The van der Waals surface area contributed by atoms with Crippen LogP contribution in [0.4, 0.5) is 5.69 Å². The van der Waals surface area contributed by atoms with Crippen LogP contribution in [-0.2, 0) is 17.8 Å². The molecule has 5 nitrogen and oxygen atoms in total. The van der Waals surface area contributed by atoms with Crippen molar-refractivity contribution in [2.45, 2.75) is 13.0 Å². The number of carbonyl (C=O) groups excluding carboxylic acids is 2. The van der Waals surface area contributed by atoms with Crippen molar-refractivity contribution in [1.82, 2.24) is 10.6 Å². The molecule has 0 fully saturated rings. The van der Waals surface area contributed by atoms with Crippen LogP contribution < -0.4 is 16.0 Å². The normalized spacial score (nSPS) is 10.2. The third-order valence-electron chi connectivity index (χ3n) is 4.23. The van der Waals surface area contributed by atoms with E-state index >= 15 is 0 Å². The summed E-state index contributed by atoms with van der Waals surface area (Å²) in [5, 5.41) is 9.26. The summed E-state index contributed by atoms with van der Waals surface area (Å²) in [6, 6.07) is 23.6. The summed E-state index contributed by atoms with van der Waals surface area (Å²) in [4.78, 5) is 24.4. The first-order valence-corrected chi connectivity index (χ1v) is 10.1. The van der Waals surface area contributed by atoms with E-state index in [2.05, 4.69) is 16.0 Å². The van der Waals surface area contributed by atoms with Crippen molar-refractivity contribution in [3.63, 3.8) is 0 Å². The van der Waals surface area contributed by atoms with E-state index in [0.29, 0.717) is 22.8 Å². The Morgan fingerprint density at radius 2 is 1.50 bits per heavy atom. The van der Waals surface area contributed by atoms with Crippen LogP contribution in [0.1, 0.15) is 21.5 Å². The molecule has 0 spiro atoms. The molecule has 7 heteroatoms. The fourth-order valence-corrected chi connectivity index (χ4v) is 3.06. The molecule has 0 radical (unpaired) electrons. The lowest BCUT2D eigenvalue weighted by atomic mass is 10.1. The summed E-state index contributed by atoms with van der Waals surface area (Å²) in [7, 11) is 0. The van der Waals surface area contributed by atoms with Crippen molar-refractivity contribution in [1.29, 1.82) is 0 Å². The van der Waals surface area contributed by atoms with Gasteiger partial charge in [0.25, 0.3) is 5.91 Å². The molecule has 0 aromatic heterocycles. The largest absolute Gasteiger partial charge is 0.348 e. The minimum atomic E-state index is -0.230. The molecule has 3 rings (SSSR count). The highest BCUT2D eigenvalue weighted by molar-refractivity contribution is 7.80. The van der Waals surface area contributed by atoms with E-state index in [0.717, 1.165) is 11.1 Å². The number of nitrogens with one attached hydrogen (secondary N) is 3. The molecule has 0 unspecified atom stereocenters. The second kappa shape index (κ2) is 10.5. The summed E-state index contributed by atoms with van der Waals surface area (Å²) in [5.41, 5.74) is 3.08. The number of amides is 2. The first-order valence-electron chi connectivity index (χ1n) is 9.27. The van der Waals surface area contributed by atoms with Crippen LogP contribution >= 0.6 is 23.8 Å². The molecule has 0 aliphatic rings. The number of anilines is 1. The Hall–Kier alpha value is -3.22. The summed E-state index contributed by atoms with van der Waals surface area (Å²) in [6.45, 7) is 0.462. The van der Waals surface area contributed by atoms with E-state index in [1.165, 1.54) is 0 Å². The Morgan fingerprint density at radius 1 is 0.833 bits per heavy atom. The van der Waals surface area contributed by atoms with Gasteiger partial charge in [-0.2, -0.15) is 0 Å². The Labute approximate surface area is 185 Å². The maximum absolute atomic E-state index is 12.3. The topological polar surface area (TPSA) is 70.2 Å². The lowest BCUT2D eigenvalue weighted by Gasteiger charge is -2.10.